The molecule has 0 radical (unpaired) electrons. The van der Waals surface area contributed by atoms with E-state index in [1.165, 1.54) is 21.9 Å². The zero-order valence-corrected chi connectivity index (χ0v) is 18.8. The van der Waals surface area contributed by atoms with E-state index in [1.54, 1.807) is 0 Å². The monoisotopic (exact) mass is 444 g/mol. The summed E-state index contributed by atoms with van der Waals surface area (Å²) in [6, 6.07) is 15.3. The van der Waals surface area contributed by atoms with Crippen LogP contribution in [0.1, 0.15) is 24.0 Å². The Bertz CT molecular complexity index is 1110. The fourth-order valence-electron chi connectivity index (χ4n) is 3.12. The van der Waals surface area contributed by atoms with Gasteiger partial charge in [-0.1, -0.05) is 47.7 Å². The molecule has 0 aliphatic carbocycles. The number of carbonyl (C=O) groups is 1. The third-order valence-electron chi connectivity index (χ3n) is 4.35. The Balaban J connectivity index is 1.59. The highest BCUT2D eigenvalue weighted by molar-refractivity contribution is 7.92. The molecular weight excluding hydrogens is 420 g/mol. The summed E-state index contributed by atoms with van der Waals surface area (Å²) in [5.41, 5.74) is 3.53. The van der Waals surface area contributed by atoms with Crippen LogP contribution in [0.2, 0.25) is 0 Å². The molecule has 0 bridgehead atoms. The van der Waals surface area contributed by atoms with Gasteiger partial charge in [-0.2, -0.15) is 0 Å². The Labute approximate surface area is 180 Å². The van der Waals surface area contributed by atoms with E-state index >= 15 is 0 Å². The highest BCUT2D eigenvalue weighted by Gasteiger charge is 2.18. The molecule has 2 aromatic carbocycles. The molecule has 3 aromatic rings. The average Bonchev–Trinajstić information content (AvgIpc) is 3.12. The van der Waals surface area contributed by atoms with Crippen LogP contribution in [0.15, 0.2) is 48.5 Å². The summed E-state index contributed by atoms with van der Waals surface area (Å²) < 4.78 is 25.9. The Kier molecular flexibility index (Phi) is 6.84. The van der Waals surface area contributed by atoms with E-state index in [9.17, 15) is 13.2 Å². The molecule has 7 nitrogen and oxygen atoms in total. The summed E-state index contributed by atoms with van der Waals surface area (Å²) in [6.07, 6.45) is 1.74. The molecule has 1 heterocycles. The first kappa shape index (κ1) is 21.9. The second-order valence-corrected chi connectivity index (χ2v) is 10.00. The Hall–Kier alpha value is -2.78. The highest BCUT2D eigenvalue weighted by atomic mass is 32.2. The minimum absolute atomic E-state index is 0.178. The molecule has 0 saturated heterocycles. The topological polar surface area (TPSA) is 92.3 Å². The Morgan fingerprint density at radius 2 is 1.73 bits per heavy atom. The van der Waals surface area contributed by atoms with Crippen molar-refractivity contribution in [2.75, 3.05) is 22.4 Å². The Morgan fingerprint density at radius 3 is 2.37 bits per heavy atom. The minimum Gasteiger partial charge on any atom is -0.301 e. The maximum absolute atomic E-state index is 12.3. The van der Waals surface area contributed by atoms with Gasteiger partial charge in [-0.15, -0.1) is 10.2 Å². The van der Waals surface area contributed by atoms with E-state index in [-0.39, 0.29) is 18.9 Å². The molecule has 9 heteroatoms. The standard InChI is InChI=1S/C21H24N4O3S2/c1-15-12-16(2)14-18(13-15)25(30(3,27)28)11-7-10-19(26)22-21-24-23-20(29-21)17-8-5-4-6-9-17/h4-6,8-9,12-14H,7,10-11H2,1-3H3,(H,22,24,26). The van der Waals surface area contributed by atoms with Gasteiger partial charge in [0.2, 0.25) is 21.1 Å². The Morgan fingerprint density at radius 1 is 1.07 bits per heavy atom. The van der Waals surface area contributed by atoms with Gasteiger partial charge in [0.1, 0.15) is 5.01 Å². The van der Waals surface area contributed by atoms with Crippen LogP contribution in [-0.4, -0.2) is 37.3 Å². The van der Waals surface area contributed by atoms with E-state index in [4.69, 9.17) is 0 Å². The predicted molar refractivity (Wildman–Crippen MR) is 121 cm³/mol. The highest BCUT2D eigenvalue weighted by Crippen LogP contribution is 2.26. The number of sulfonamides is 1. The van der Waals surface area contributed by atoms with Crippen LogP contribution in [0.25, 0.3) is 10.6 Å². The van der Waals surface area contributed by atoms with Crippen LogP contribution < -0.4 is 9.62 Å². The van der Waals surface area contributed by atoms with Crippen molar-refractivity contribution in [3.05, 3.63) is 59.7 Å². The summed E-state index contributed by atoms with van der Waals surface area (Å²) in [4.78, 5) is 12.3. The molecule has 0 aliphatic rings. The lowest BCUT2D eigenvalue weighted by Crippen LogP contribution is -2.31. The first-order chi connectivity index (χ1) is 14.2. The van der Waals surface area contributed by atoms with Crippen molar-refractivity contribution in [3.8, 4) is 10.6 Å². The molecule has 1 N–H and O–H groups in total. The lowest BCUT2D eigenvalue weighted by atomic mass is 10.1. The SMILES string of the molecule is Cc1cc(C)cc(N(CCCC(=O)Nc2nnc(-c3ccccc3)s2)S(C)(=O)=O)c1. The van der Waals surface area contributed by atoms with Gasteiger partial charge in [-0.3, -0.25) is 9.10 Å². The van der Waals surface area contributed by atoms with Crippen LogP contribution in [0, 0.1) is 13.8 Å². The van der Waals surface area contributed by atoms with E-state index < -0.39 is 10.0 Å². The van der Waals surface area contributed by atoms with Crippen molar-refractivity contribution in [2.24, 2.45) is 0 Å². The summed E-state index contributed by atoms with van der Waals surface area (Å²) in [6.45, 7) is 4.08. The number of aromatic nitrogens is 2. The number of nitrogens with one attached hydrogen (secondary N) is 1. The van der Waals surface area contributed by atoms with Gasteiger partial charge in [-0.05, 0) is 43.5 Å². The fraction of sp³-hybridized carbons (Fsp3) is 0.286. The smallest absolute Gasteiger partial charge is 0.232 e. The van der Waals surface area contributed by atoms with E-state index in [2.05, 4.69) is 15.5 Å². The van der Waals surface area contributed by atoms with Crippen molar-refractivity contribution in [3.63, 3.8) is 0 Å². The molecule has 0 atom stereocenters. The van der Waals surface area contributed by atoms with Gasteiger partial charge >= 0.3 is 0 Å². The van der Waals surface area contributed by atoms with Crippen molar-refractivity contribution in [1.82, 2.24) is 10.2 Å². The largest absolute Gasteiger partial charge is 0.301 e. The number of nitrogens with zero attached hydrogens (tertiary/aromatic N) is 3. The number of anilines is 2. The molecule has 0 saturated carbocycles. The van der Waals surface area contributed by atoms with Crippen LogP contribution in [-0.2, 0) is 14.8 Å². The normalized spacial score (nSPS) is 11.3. The summed E-state index contributed by atoms with van der Waals surface area (Å²) >= 11 is 1.30. The van der Waals surface area contributed by atoms with Crippen molar-refractivity contribution in [2.45, 2.75) is 26.7 Å². The maximum Gasteiger partial charge on any atom is 0.232 e. The lowest BCUT2D eigenvalue weighted by Gasteiger charge is -2.23. The number of amides is 1. The average molecular weight is 445 g/mol. The molecule has 0 spiro atoms. The van der Waals surface area contributed by atoms with Gasteiger partial charge in [0.05, 0.1) is 11.9 Å². The summed E-state index contributed by atoms with van der Waals surface area (Å²) in [5, 5.41) is 12.0. The van der Waals surface area contributed by atoms with Gasteiger partial charge in [0.15, 0.2) is 0 Å². The number of rotatable bonds is 8. The van der Waals surface area contributed by atoms with E-state index in [0.29, 0.717) is 17.2 Å². The van der Waals surface area contributed by atoms with Crippen LogP contribution in [0.5, 0.6) is 0 Å². The van der Waals surface area contributed by atoms with Gasteiger partial charge in [0.25, 0.3) is 0 Å². The van der Waals surface area contributed by atoms with E-state index in [1.807, 2.05) is 62.4 Å². The molecule has 0 unspecified atom stereocenters. The summed E-state index contributed by atoms with van der Waals surface area (Å²) in [5.74, 6) is -0.223. The second-order valence-electron chi connectivity index (χ2n) is 7.11. The predicted octanol–water partition coefficient (Wildman–Crippen LogP) is 4.01. The number of aryl methyl sites for hydroxylation is 2. The first-order valence-corrected chi connectivity index (χ1v) is 12.1. The zero-order chi connectivity index (χ0) is 21.7. The molecule has 3 rings (SSSR count). The second kappa shape index (κ2) is 9.36. The fourth-order valence-corrected chi connectivity index (χ4v) is 4.83. The van der Waals surface area contributed by atoms with Gasteiger partial charge in [-0.25, -0.2) is 8.42 Å². The number of hydrogen-bond donors (Lipinski definition) is 1. The molecule has 30 heavy (non-hydrogen) atoms. The maximum atomic E-state index is 12.3. The lowest BCUT2D eigenvalue weighted by molar-refractivity contribution is -0.116. The minimum atomic E-state index is -3.45. The van der Waals surface area contributed by atoms with Crippen LogP contribution in [0.4, 0.5) is 10.8 Å². The first-order valence-electron chi connectivity index (χ1n) is 9.47. The molecule has 1 aromatic heterocycles. The molecular formula is C21H24N4O3S2. The van der Waals surface area contributed by atoms with Gasteiger partial charge in [0, 0.05) is 18.5 Å². The third-order valence-corrected chi connectivity index (χ3v) is 6.43. The molecule has 0 fully saturated rings. The number of hydrogen-bond acceptors (Lipinski definition) is 6. The number of carbonyl (C=O) groups excluding carboxylic acids is 1. The molecule has 158 valence electrons. The third kappa shape index (κ3) is 5.87. The molecule has 1 amide bonds. The van der Waals surface area contributed by atoms with Crippen LogP contribution >= 0.6 is 11.3 Å². The quantitative estimate of drug-likeness (QED) is 0.567. The molecule has 0 aliphatic heterocycles. The van der Waals surface area contributed by atoms with Crippen molar-refractivity contribution in [1.29, 1.82) is 0 Å². The van der Waals surface area contributed by atoms with Gasteiger partial charge < -0.3 is 5.32 Å². The van der Waals surface area contributed by atoms with E-state index in [0.717, 1.165) is 21.7 Å². The number of benzene rings is 2. The van der Waals surface area contributed by atoms with Crippen LogP contribution in [0.3, 0.4) is 0 Å². The summed E-state index contributed by atoms with van der Waals surface area (Å²) in [7, 11) is -3.45. The van der Waals surface area contributed by atoms with Crippen molar-refractivity contribution < 1.29 is 13.2 Å². The van der Waals surface area contributed by atoms with Crippen molar-refractivity contribution >= 4 is 38.1 Å². The zero-order valence-electron chi connectivity index (χ0n) is 17.1.